The van der Waals surface area contributed by atoms with Crippen LogP contribution in [0.3, 0.4) is 0 Å². The van der Waals surface area contributed by atoms with Crippen LogP contribution in [0, 0.1) is 5.92 Å². The molecule has 1 aliphatic heterocycles. The van der Waals surface area contributed by atoms with Crippen LogP contribution in [0.4, 0.5) is 0 Å². The molecule has 1 aliphatic carbocycles. The molecule has 2 fully saturated rings. The first-order valence-electron chi connectivity index (χ1n) is 6.90. The lowest BCUT2D eigenvalue weighted by Gasteiger charge is -2.35. The number of nitrogens with zero attached hydrogens (tertiary/aromatic N) is 2. The second-order valence-corrected chi connectivity index (χ2v) is 5.50. The lowest BCUT2D eigenvalue weighted by molar-refractivity contribution is -0.130. The number of likely N-dealkylation sites (tertiary alicyclic amines) is 1. The van der Waals surface area contributed by atoms with E-state index in [1.165, 1.54) is 32.2 Å². The Labute approximate surface area is 104 Å². The van der Waals surface area contributed by atoms with Gasteiger partial charge in [-0.2, -0.15) is 0 Å². The van der Waals surface area contributed by atoms with Gasteiger partial charge >= 0.3 is 0 Å². The second kappa shape index (κ2) is 5.83. The molecule has 98 valence electrons. The summed E-state index contributed by atoms with van der Waals surface area (Å²) in [6.45, 7) is 6.70. The van der Waals surface area contributed by atoms with Crippen LogP contribution in [0.1, 0.15) is 32.6 Å². The number of hydrogen-bond donors (Lipinski definition) is 1. The minimum absolute atomic E-state index is 0.253. The number of carbonyl (C=O) groups is 1. The molecule has 0 spiro atoms. The Morgan fingerprint density at radius 2 is 2.18 bits per heavy atom. The summed E-state index contributed by atoms with van der Waals surface area (Å²) in [4.78, 5) is 16.1. The number of carbonyl (C=O) groups excluding carboxylic acids is 1. The standard InChI is InChI=1S/C13H25N3O/c1-11(17)16(13-4-5-13)10-12-3-2-7-15(9-12)8-6-14/h12-13H,2-10,14H2,1H3. The van der Waals surface area contributed by atoms with E-state index in [-0.39, 0.29) is 5.91 Å². The predicted molar refractivity (Wildman–Crippen MR) is 68.6 cm³/mol. The molecular formula is C13H25N3O. The second-order valence-electron chi connectivity index (χ2n) is 5.50. The van der Waals surface area contributed by atoms with Crippen LogP contribution in [0.15, 0.2) is 0 Å². The van der Waals surface area contributed by atoms with Crippen molar-refractivity contribution in [3.05, 3.63) is 0 Å². The molecule has 0 aromatic rings. The Kier molecular flexibility index (Phi) is 4.40. The molecule has 1 saturated carbocycles. The van der Waals surface area contributed by atoms with E-state index in [9.17, 15) is 4.79 Å². The van der Waals surface area contributed by atoms with Crippen LogP contribution in [0.5, 0.6) is 0 Å². The summed E-state index contributed by atoms with van der Waals surface area (Å²) >= 11 is 0. The molecule has 0 radical (unpaired) electrons. The number of nitrogens with two attached hydrogens (primary N) is 1. The number of hydrogen-bond acceptors (Lipinski definition) is 3. The van der Waals surface area contributed by atoms with Gasteiger partial charge in [-0.3, -0.25) is 4.79 Å². The molecule has 1 saturated heterocycles. The van der Waals surface area contributed by atoms with Gasteiger partial charge in [-0.25, -0.2) is 0 Å². The van der Waals surface area contributed by atoms with Crippen molar-refractivity contribution in [3.8, 4) is 0 Å². The van der Waals surface area contributed by atoms with Crippen LogP contribution in [-0.2, 0) is 4.79 Å². The molecule has 0 aromatic carbocycles. The molecule has 1 heterocycles. The van der Waals surface area contributed by atoms with E-state index in [0.29, 0.717) is 12.0 Å². The summed E-state index contributed by atoms with van der Waals surface area (Å²) in [6, 6.07) is 0.553. The first kappa shape index (κ1) is 12.8. The Hall–Kier alpha value is -0.610. The van der Waals surface area contributed by atoms with E-state index in [4.69, 9.17) is 5.73 Å². The van der Waals surface area contributed by atoms with Gasteiger partial charge in [0.2, 0.25) is 5.91 Å². The predicted octanol–water partition coefficient (Wildman–Crippen LogP) is 0.668. The van der Waals surface area contributed by atoms with Crippen LogP contribution < -0.4 is 5.73 Å². The average Bonchev–Trinajstić information content (AvgIpc) is 3.10. The molecule has 2 aliphatic rings. The highest BCUT2D eigenvalue weighted by Gasteiger charge is 2.33. The highest BCUT2D eigenvalue weighted by atomic mass is 16.2. The van der Waals surface area contributed by atoms with E-state index in [2.05, 4.69) is 9.80 Å². The third-order valence-electron chi connectivity index (χ3n) is 3.90. The highest BCUT2D eigenvalue weighted by molar-refractivity contribution is 5.74. The molecule has 4 nitrogen and oxygen atoms in total. The van der Waals surface area contributed by atoms with Crippen molar-refractivity contribution >= 4 is 5.91 Å². The summed E-state index contributed by atoms with van der Waals surface area (Å²) in [6.07, 6.45) is 4.93. The zero-order chi connectivity index (χ0) is 12.3. The molecule has 1 amide bonds. The lowest BCUT2D eigenvalue weighted by Crippen LogP contribution is -2.44. The van der Waals surface area contributed by atoms with E-state index >= 15 is 0 Å². The van der Waals surface area contributed by atoms with Crippen molar-refractivity contribution in [1.29, 1.82) is 0 Å². The summed E-state index contributed by atoms with van der Waals surface area (Å²) in [5.74, 6) is 0.906. The minimum Gasteiger partial charge on any atom is -0.340 e. The van der Waals surface area contributed by atoms with Crippen LogP contribution in [0.2, 0.25) is 0 Å². The van der Waals surface area contributed by atoms with Gasteiger partial charge in [0.25, 0.3) is 0 Å². The topological polar surface area (TPSA) is 49.6 Å². The molecule has 2 rings (SSSR count). The first-order chi connectivity index (χ1) is 8.20. The zero-order valence-corrected chi connectivity index (χ0v) is 10.9. The quantitative estimate of drug-likeness (QED) is 0.767. The van der Waals surface area contributed by atoms with Crippen LogP contribution in [0.25, 0.3) is 0 Å². The summed E-state index contributed by atoms with van der Waals surface area (Å²) in [5, 5.41) is 0. The van der Waals surface area contributed by atoms with E-state index in [1.807, 2.05) is 0 Å². The van der Waals surface area contributed by atoms with Gasteiger partial charge in [-0.1, -0.05) is 0 Å². The average molecular weight is 239 g/mol. The Bertz CT molecular complexity index is 263. The maximum Gasteiger partial charge on any atom is 0.219 e. The Morgan fingerprint density at radius 1 is 1.41 bits per heavy atom. The van der Waals surface area contributed by atoms with Gasteiger partial charge in [-0.05, 0) is 38.1 Å². The maximum atomic E-state index is 11.6. The van der Waals surface area contributed by atoms with Gasteiger partial charge in [-0.15, -0.1) is 0 Å². The number of piperidine rings is 1. The van der Waals surface area contributed by atoms with Crippen LogP contribution >= 0.6 is 0 Å². The monoisotopic (exact) mass is 239 g/mol. The number of amides is 1. The molecule has 2 N–H and O–H groups in total. The van der Waals surface area contributed by atoms with Crippen molar-refractivity contribution < 1.29 is 4.79 Å². The van der Waals surface area contributed by atoms with Crippen molar-refractivity contribution in [1.82, 2.24) is 9.80 Å². The van der Waals surface area contributed by atoms with Gasteiger partial charge in [0.15, 0.2) is 0 Å². The smallest absolute Gasteiger partial charge is 0.219 e. The molecule has 4 heteroatoms. The molecular weight excluding hydrogens is 214 g/mol. The minimum atomic E-state index is 0.253. The van der Waals surface area contributed by atoms with Gasteiger partial charge < -0.3 is 15.5 Å². The van der Waals surface area contributed by atoms with Crippen molar-refractivity contribution in [3.63, 3.8) is 0 Å². The van der Waals surface area contributed by atoms with E-state index in [1.54, 1.807) is 6.92 Å². The Balaban J connectivity index is 1.82. The molecule has 1 atom stereocenters. The van der Waals surface area contributed by atoms with E-state index in [0.717, 1.165) is 26.2 Å². The first-order valence-corrected chi connectivity index (χ1v) is 6.90. The van der Waals surface area contributed by atoms with E-state index < -0.39 is 0 Å². The van der Waals surface area contributed by atoms with Gasteiger partial charge in [0.05, 0.1) is 0 Å². The SMILES string of the molecule is CC(=O)N(CC1CCCN(CCN)C1)C1CC1. The third kappa shape index (κ3) is 3.68. The molecule has 0 bridgehead atoms. The normalized spacial score (nSPS) is 25.9. The zero-order valence-electron chi connectivity index (χ0n) is 10.9. The fraction of sp³-hybridized carbons (Fsp3) is 0.923. The van der Waals surface area contributed by atoms with Gasteiger partial charge in [0.1, 0.15) is 0 Å². The number of rotatable bonds is 5. The molecule has 1 unspecified atom stereocenters. The highest BCUT2D eigenvalue weighted by Crippen LogP contribution is 2.29. The summed E-state index contributed by atoms with van der Waals surface area (Å²) < 4.78 is 0. The summed E-state index contributed by atoms with van der Waals surface area (Å²) in [5.41, 5.74) is 5.61. The Morgan fingerprint density at radius 3 is 2.76 bits per heavy atom. The van der Waals surface area contributed by atoms with Crippen molar-refractivity contribution in [2.75, 3.05) is 32.7 Å². The fourth-order valence-electron chi connectivity index (χ4n) is 2.89. The van der Waals surface area contributed by atoms with Crippen LogP contribution in [-0.4, -0.2) is 54.5 Å². The lowest BCUT2D eigenvalue weighted by atomic mass is 9.97. The maximum absolute atomic E-state index is 11.6. The van der Waals surface area contributed by atoms with Crippen molar-refractivity contribution in [2.45, 2.75) is 38.6 Å². The molecule has 17 heavy (non-hydrogen) atoms. The largest absolute Gasteiger partial charge is 0.340 e. The van der Waals surface area contributed by atoms with Crippen molar-refractivity contribution in [2.24, 2.45) is 11.7 Å². The fourth-order valence-corrected chi connectivity index (χ4v) is 2.89. The molecule has 0 aromatic heterocycles. The summed E-state index contributed by atoms with van der Waals surface area (Å²) in [7, 11) is 0. The third-order valence-corrected chi connectivity index (χ3v) is 3.90. The van der Waals surface area contributed by atoms with Gasteiger partial charge in [0, 0.05) is 39.1 Å².